The molecule has 1 aromatic carbocycles. The topological polar surface area (TPSA) is 77.0 Å². The van der Waals surface area contributed by atoms with Crippen LogP contribution in [0.15, 0.2) is 29.4 Å². The van der Waals surface area contributed by atoms with Gasteiger partial charge in [-0.3, -0.25) is 15.0 Å². The van der Waals surface area contributed by atoms with Gasteiger partial charge in [-0.05, 0) is 56.9 Å². The van der Waals surface area contributed by atoms with Crippen LogP contribution in [0.25, 0.3) is 0 Å². The van der Waals surface area contributed by atoms with Crippen LogP contribution < -0.4 is 10.7 Å². The molecule has 4 atom stereocenters. The second-order valence-electron chi connectivity index (χ2n) is 11.8. The molecule has 0 aromatic heterocycles. The Morgan fingerprint density at radius 1 is 1.14 bits per heavy atom. The molecule has 202 valence electrons. The summed E-state index contributed by atoms with van der Waals surface area (Å²) in [6, 6.07) is 8.96. The van der Waals surface area contributed by atoms with Crippen LogP contribution in [0.1, 0.15) is 82.8 Å². The van der Waals surface area contributed by atoms with Crippen molar-refractivity contribution in [2.24, 2.45) is 22.9 Å². The van der Waals surface area contributed by atoms with Gasteiger partial charge in [-0.25, -0.2) is 0 Å². The van der Waals surface area contributed by atoms with Crippen molar-refractivity contribution in [2.75, 3.05) is 6.54 Å². The number of nitrogens with zero attached hydrogens (tertiary/aromatic N) is 3. The molecule has 7 nitrogen and oxygen atoms in total. The molecule has 8 heteroatoms. The smallest absolute Gasteiger partial charge is 0.230 e. The van der Waals surface area contributed by atoms with Gasteiger partial charge in [0.25, 0.3) is 0 Å². The van der Waals surface area contributed by atoms with Gasteiger partial charge in [-0.2, -0.15) is 5.10 Å². The largest absolute Gasteiger partial charge is 0.353 e. The number of amides is 2. The summed E-state index contributed by atoms with van der Waals surface area (Å²) in [5.74, 6) is 1.65. The first-order chi connectivity index (χ1) is 17.9. The van der Waals surface area contributed by atoms with Crippen molar-refractivity contribution in [3.63, 3.8) is 0 Å². The van der Waals surface area contributed by atoms with E-state index in [0.717, 1.165) is 56.0 Å². The molecule has 4 aliphatic rings. The minimum atomic E-state index is -0.256. The highest BCUT2D eigenvalue weighted by atomic mass is 32.2. The first-order valence-corrected chi connectivity index (χ1v) is 15.3. The second-order valence-corrected chi connectivity index (χ2v) is 12.8. The van der Waals surface area contributed by atoms with Gasteiger partial charge in [-0.15, -0.1) is 0 Å². The van der Waals surface area contributed by atoms with Gasteiger partial charge in [-0.1, -0.05) is 74.7 Å². The third kappa shape index (κ3) is 5.94. The van der Waals surface area contributed by atoms with Gasteiger partial charge >= 0.3 is 0 Å². The van der Waals surface area contributed by atoms with Gasteiger partial charge in [0, 0.05) is 30.3 Å². The van der Waals surface area contributed by atoms with Crippen LogP contribution in [0.2, 0.25) is 0 Å². The Hall–Kier alpha value is -2.22. The van der Waals surface area contributed by atoms with E-state index < -0.39 is 0 Å². The molecule has 0 radical (unpaired) electrons. The summed E-state index contributed by atoms with van der Waals surface area (Å²) in [7, 11) is 0. The van der Waals surface area contributed by atoms with Gasteiger partial charge in [0.1, 0.15) is 0 Å². The standard InChI is InChI=1S/C29H43N5O2S/c1-19(2)15-16-33-27(36)24-14-13-22(26(35)30-23-7-5-4-6-8-23)17-25(24)34-28(33)31-32-29(34)37-18-21-11-9-20(3)10-12-21/h9-12,19,22-25,28,31H,4-8,13-18H2,1-3H3,(H,30,35). The van der Waals surface area contributed by atoms with Crippen molar-refractivity contribution in [3.05, 3.63) is 35.4 Å². The van der Waals surface area contributed by atoms with Crippen molar-refractivity contribution in [3.8, 4) is 0 Å². The number of hydrazone groups is 1. The molecule has 0 bridgehead atoms. The molecular formula is C29H43N5O2S. The van der Waals surface area contributed by atoms with E-state index in [-0.39, 0.29) is 36.0 Å². The molecule has 2 heterocycles. The SMILES string of the molecule is Cc1ccc(CSC2=NNC3N(CCC(C)C)C(=O)C4CCC(C(=O)NC5CCCCC5)CC4N23)cc1. The van der Waals surface area contributed by atoms with Crippen molar-refractivity contribution >= 4 is 28.7 Å². The van der Waals surface area contributed by atoms with Crippen LogP contribution in [0, 0.1) is 24.7 Å². The number of benzene rings is 1. The number of rotatable bonds is 7. The van der Waals surface area contributed by atoms with E-state index >= 15 is 0 Å². The molecule has 2 saturated carbocycles. The fraction of sp³-hybridized carbons (Fsp3) is 0.690. The summed E-state index contributed by atoms with van der Waals surface area (Å²) in [6.45, 7) is 7.23. The van der Waals surface area contributed by atoms with Crippen molar-refractivity contribution in [1.82, 2.24) is 20.5 Å². The van der Waals surface area contributed by atoms with Crippen LogP contribution in [-0.2, 0) is 15.3 Å². The molecule has 1 saturated heterocycles. The first kappa shape index (κ1) is 26.4. The maximum atomic E-state index is 13.7. The molecule has 0 spiro atoms. The van der Waals surface area contributed by atoms with Crippen LogP contribution >= 0.6 is 11.8 Å². The third-order valence-electron chi connectivity index (χ3n) is 8.59. The van der Waals surface area contributed by atoms with Gasteiger partial charge in [0.15, 0.2) is 11.5 Å². The lowest BCUT2D eigenvalue weighted by Crippen LogP contribution is -2.68. The molecule has 3 fully saturated rings. The van der Waals surface area contributed by atoms with E-state index in [0.29, 0.717) is 12.0 Å². The summed E-state index contributed by atoms with van der Waals surface area (Å²) >= 11 is 1.73. The molecule has 1 aromatic rings. The zero-order chi connectivity index (χ0) is 25.9. The Bertz CT molecular complexity index is 991. The monoisotopic (exact) mass is 525 g/mol. The van der Waals surface area contributed by atoms with Gasteiger partial charge in [0.2, 0.25) is 11.8 Å². The second kappa shape index (κ2) is 11.7. The van der Waals surface area contributed by atoms with E-state index in [1.165, 1.54) is 30.4 Å². The number of fused-ring (bicyclic) bond motifs is 3. The predicted octanol–water partition coefficient (Wildman–Crippen LogP) is 4.81. The van der Waals surface area contributed by atoms with Crippen molar-refractivity contribution in [2.45, 2.75) is 103 Å². The molecule has 2 N–H and O–H groups in total. The van der Waals surface area contributed by atoms with E-state index in [4.69, 9.17) is 5.10 Å². The number of carbonyl (C=O) groups is 2. The van der Waals surface area contributed by atoms with E-state index in [9.17, 15) is 9.59 Å². The summed E-state index contributed by atoms with van der Waals surface area (Å²) in [5, 5.41) is 9.04. The summed E-state index contributed by atoms with van der Waals surface area (Å²) in [4.78, 5) is 31.4. The van der Waals surface area contributed by atoms with Crippen molar-refractivity contribution < 1.29 is 9.59 Å². The lowest BCUT2D eigenvalue weighted by Gasteiger charge is -2.51. The molecule has 37 heavy (non-hydrogen) atoms. The van der Waals surface area contributed by atoms with E-state index in [1.807, 2.05) is 4.90 Å². The van der Waals surface area contributed by atoms with Gasteiger partial charge < -0.3 is 15.1 Å². The third-order valence-corrected chi connectivity index (χ3v) is 9.63. The Balaban J connectivity index is 1.32. The number of hydrogen-bond donors (Lipinski definition) is 2. The van der Waals surface area contributed by atoms with Crippen LogP contribution in [-0.4, -0.2) is 51.7 Å². The number of aryl methyl sites for hydroxylation is 1. The highest BCUT2D eigenvalue weighted by Crippen LogP contribution is 2.41. The predicted molar refractivity (Wildman–Crippen MR) is 149 cm³/mol. The Labute approximate surface area is 226 Å². The quantitative estimate of drug-likeness (QED) is 0.534. The lowest BCUT2D eigenvalue weighted by atomic mass is 9.75. The average molecular weight is 526 g/mol. The highest BCUT2D eigenvalue weighted by molar-refractivity contribution is 8.13. The molecule has 5 rings (SSSR count). The average Bonchev–Trinajstić information content (AvgIpc) is 3.32. The fourth-order valence-electron chi connectivity index (χ4n) is 6.33. The maximum absolute atomic E-state index is 13.7. The van der Waals surface area contributed by atoms with Crippen LogP contribution in [0.5, 0.6) is 0 Å². The Kier molecular flexibility index (Phi) is 8.32. The Morgan fingerprint density at radius 3 is 2.62 bits per heavy atom. The number of thioether (sulfide) groups is 1. The number of nitrogens with one attached hydrogen (secondary N) is 2. The maximum Gasteiger partial charge on any atom is 0.230 e. The summed E-state index contributed by atoms with van der Waals surface area (Å²) in [5.41, 5.74) is 5.82. The van der Waals surface area contributed by atoms with Crippen LogP contribution in [0.4, 0.5) is 0 Å². The fourth-order valence-corrected chi connectivity index (χ4v) is 7.32. The number of hydrogen-bond acceptors (Lipinski definition) is 6. The Morgan fingerprint density at radius 2 is 1.89 bits per heavy atom. The molecular weight excluding hydrogens is 482 g/mol. The highest BCUT2D eigenvalue weighted by Gasteiger charge is 2.53. The summed E-state index contributed by atoms with van der Waals surface area (Å²) < 4.78 is 0. The normalized spacial score (nSPS) is 28.0. The molecule has 2 aliphatic heterocycles. The molecule has 2 amide bonds. The lowest BCUT2D eigenvalue weighted by molar-refractivity contribution is -0.158. The zero-order valence-corrected chi connectivity index (χ0v) is 23.4. The molecule has 2 aliphatic carbocycles. The number of amidine groups is 1. The first-order valence-electron chi connectivity index (χ1n) is 14.3. The van der Waals surface area contributed by atoms with Crippen molar-refractivity contribution in [1.29, 1.82) is 0 Å². The minimum Gasteiger partial charge on any atom is -0.353 e. The number of carbonyl (C=O) groups excluding carboxylic acids is 2. The van der Waals surface area contributed by atoms with Crippen LogP contribution in [0.3, 0.4) is 0 Å². The van der Waals surface area contributed by atoms with E-state index in [1.54, 1.807) is 11.8 Å². The molecule has 4 unspecified atom stereocenters. The summed E-state index contributed by atoms with van der Waals surface area (Å²) in [6.07, 6.45) is 8.87. The van der Waals surface area contributed by atoms with E-state index in [2.05, 4.69) is 60.7 Å². The zero-order valence-electron chi connectivity index (χ0n) is 22.6. The minimum absolute atomic E-state index is 0.00271. The van der Waals surface area contributed by atoms with Gasteiger partial charge in [0.05, 0.1) is 5.92 Å².